The Morgan fingerprint density at radius 1 is 1.22 bits per heavy atom. The van der Waals surface area contributed by atoms with Gasteiger partial charge in [0, 0.05) is 44.9 Å². The van der Waals surface area contributed by atoms with Crippen molar-refractivity contribution in [2.24, 2.45) is 7.05 Å². The summed E-state index contributed by atoms with van der Waals surface area (Å²) in [6.07, 6.45) is -2.89. The largest absolute Gasteiger partial charge is 0.410 e. The van der Waals surface area contributed by atoms with Crippen molar-refractivity contribution in [3.05, 3.63) is 64.6 Å². The lowest BCUT2D eigenvalue weighted by molar-refractivity contribution is -0.173. The Hall–Kier alpha value is -3.30. The van der Waals surface area contributed by atoms with E-state index < -0.39 is 24.2 Å². The Bertz CT molecular complexity index is 1130. The standard InChI is InChI=1S/C22H25F3N6O/c1-13-5-7-15(8-6-13)17-9-19(22(23,24)25)31-20(26-17)10-18(28-31)21(32)29(3)11-16-12-30(4)27-14(16)2/h5-8,10,12,17,19,26H,9,11H2,1-4H3. The van der Waals surface area contributed by atoms with E-state index in [1.54, 1.807) is 18.8 Å². The molecule has 0 spiro atoms. The summed E-state index contributed by atoms with van der Waals surface area (Å²) in [5, 5.41) is 11.4. The van der Waals surface area contributed by atoms with Crippen LogP contribution in [0.3, 0.4) is 0 Å². The minimum Gasteiger partial charge on any atom is -0.363 e. The number of aromatic nitrogens is 4. The smallest absolute Gasteiger partial charge is 0.363 e. The van der Waals surface area contributed by atoms with Crippen LogP contribution in [0.2, 0.25) is 0 Å². The van der Waals surface area contributed by atoms with Crippen molar-refractivity contribution in [3.8, 4) is 0 Å². The summed E-state index contributed by atoms with van der Waals surface area (Å²) < 4.78 is 44.2. The fourth-order valence-corrected chi connectivity index (χ4v) is 4.02. The average molecular weight is 446 g/mol. The van der Waals surface area contributed by atoms with Crippen LogP contribution in [0.4, 0.5) is 19.0 Å². The van der Waals surface area contributed by atoms with Gasteiger partial charge >= 0.3 is 6.18 Å². The number of carbonyl (C=O) groups excluding carboxylic acids is 1. The van der Waals surface area contributed by atoms with Gasteiger partial charge in [0.2, 0.25) is 0 Å². The SMILES string of the molecule is Cc1ccc(C2CC(C(F)(F)F)n3nc(C(=O)N(C)Cc4cn(C)nc4C)cc3N2)cc1. The number of aryl methyl sites for hydroxylation is 3. The molecule has 1 amide bonds. The zero-order chi connectivity index (χ0) is 23.2. The lowest BCUT2D eigenvalue weighted by Crippen LogP contribution is -2.35. The molecule has 1 N–H and O–H groups in total. The van der Waals surface area contributed by atoms with Crippen LogP contribution >= 0.6 is 0 Å². The first-order valence-electron chi connectivity index (χ1n) is 10.3. The van der Waals surface area contributed by atoms with Gasteiger partial charge in [-0.2, -0.15) is 23.4 Å². The van der Waals surface area contributed by atoms with Crippen LogP contribution in [0.5, 0.6) is 0 Å². The summed E-state index contributed by atoms with van der Waals surface area (Å²) in [4.78, 5) is 14.4. The number of amides is 1. The number of nitrogens with zero attached hydrogens (tertiary/aromatic N) is 5. The van der Waals surface area contributed by atoms with E-state index in [0.29, 0.717) is 0 Å². The number of alkyl halides is 3. The van der Waals surface area contributed by atoms with E-state index in [9.17, 15) is 18.0 Å². The molecule has 3 heterocycles. The topological polar surface area (TPSA) is 68.0 Å². The second-order valence-electron chi connectivity index (χ2n) is 8.33. The lowest BCUT2D eigenvalue weighted by atomic mass is 9.96. The minimum atomic E-state index is -4.50. The van der Waals surface area contributed by atoms with Crippen molar-refractivity contribution >= 4 is 11.7 Å². The summed E-state index contributed by atoms with van der Waals surface area (Å²) in [5.74, 6) is -0.275. The predicted molar refractivity (Wildman–Crippen MR) is 113 cm³/mol. The fraction of sp³-hybridized carbons (Fsp3) is 0.409. The van der Waals surface area contributed by atoms with E-state index in [0.717, 1.165) is 27.1 Å². The Kier molecular flexibility index (Phi) is 5.47. The van der Waals surface area contributed by atoms with Crippen LogP contribution in [0.1, 0.15) is 51.4 Å². The first kappa shape index (κ1) is 21.9. The summed E-state index contributed by atoms with van der Waals surface area (Å²) in [6, 6.07) is 6.42. The molecule has 2 atom stereocenters. The lowest BCUT2D eigenvalue weighted by Gasteiger charge is -2.33. The van der Waals surface area contributed by atoms with Gasteiger partial charge in [-0.05, 0) is 19.4 Å². The molecule has 3 aromatic rings. The maximum Gasteiger partial charge on any atom is 0.410 e. The molecule has 10 heteroatoms. The fourth-order valence-electron chi connectivity index (χ4n) is 4.02. The molecule has 7 nitrogen and oxygen atoms in total. The van der Waals surface area contributed by atoms with Gasteiger partial charge in [-0.15, -0.1) is 0 Å². The highest BCUT2D eigenvalue weighted by Gasteiger charge is 2.46. The second-order valence-corrected chi connectivity index (χ2v) is 8.33. The second kappa shape index (κ2) is 7.99. The highest BCUT2D eigenvalue weighted by Crippen LogP contribution is 2.43. The van der Waals surface area contributed by atoms with E-state index in [2.05, 4.69) is 15.5 Å². The van der Waals surface area contributed by atoms with Crippen molar-refractivity contribution in [3.63, 3.8) is 0 Å². The zero-order valence-corrected chi connectivity index (χ0v) is 18.3. The van der Waals surface area contributed by atoms with Crippen molar-refractivity contribution in [2.75, 3.05) is 12.4 Å². The summed E-state index contributed by atoms with van der Waals surface area (Å²) in [6.45, 7) is 4.04. The molecule has 170 valence electrons. The third kappa shape index (κ3) is 4.21. The van der Waals surface area contributed by atoms with Gasteiger partial charge in [-0.3, -0.25) is 9.48 Å². The van der Waals surface area contributed by atoms with Crippen LogP contribution < -0.4 is 5.32 Å². The van der Waals surface area contributed by atoms with Gasteiger partial charge in [0.15, 0.2) is 11.7 Å². The molecule has 1 aliphatic rings. The maximum atomic E-state index is 13.9. The number of fused-ring (bicyclic) bond motifs is 1. The molecule has 4 rings (SSSR count). The molecule has 2 unspecified atom stereocenters. The number of benzene rings is 1. The molecule has 0 saturated heterocycles. The number of halogens is 3. The van der Waals surface area contributed by atoms with E-state index in [1.807, 2.05) is 44.3 Å². The van der Waals surface area contributed by atoms with E-state index >= 15 is 0 Å². The van der Waals surface area contributed by atoms with E-state index in [4.69, 9.17) is 0 Å². The molecule has 2 aromatic heterocycles. The van der Waals surface area contributed by atoms with Gasteiger partial charge in [0.1, 0.15) is 5.82 Å². The average Bonchev–Trinajstić information content (AvgIpc) is 3.28. The first-order valence-corrected chi connectivity index (χ1v) is 10.3. The molecule has 0 aliphatic carbocycles. The van der Waals surface area contributed by atoms with Crippen molar-refractivity contribution in [1.82, 2.24) is 24.5 Å². The van der Waals surface area contributed by atoms with Crippen LogP contribution in [-0.4, -0.2) is 43.6 Å². The highest BCUT2D eigenvalue weighted by molar-refractivity contribution is 5.93. The quantitative estimate of drug-likeness (QED) is 0.653. The Morgan fingerprint density at radius 2 is 1.91 bits per heavy atom. The molecular weight excluding hydrogens is 421 g/mol. The predicted octanol–water partition coefficient (Wildman–Crippen LogP) is 4.17. The summed E-state index contributed by atoms with van der Waals surface area (Å²) >= 11 is 0. The van der Waals surface area contributed by atoms with Crippen molar-refractivity contribution < 1.29 is 18.0 Å². The third-order valence-corrected chi connectivity index (χ3v) is 5.76. The van der Waals surface area contributed by atoms with Crippen LogP contribution in [0.25, 0.3) is 0 Å². The van der Waals surface area contributed by atoms with Crippen LogP contribution in [0.15, 0.2) is 36.5 Å². The Balaban J connectivity index is 1.61. The number of anilines is 1. The maximum absolute atomic E-state index is 13.9. The molecule has 1 aromatic carbocycles. The normalized spacial score (nSPS) is 18.2. The Morgan fingerprint density at radius 3 is 2.50 bits per heavy atom. The monoisotopic (exact) mass is 446 g/mol. The number of hydrogen-bond acceptors (Lipinski definition) is 4. The van der Waals surface area contributed by atoms with Gasteiger partial charge in [-0.25, -0.2) is 4.68 Å². The highest BCUT2D eigenvalue weighted by atomic mass is 19.4. The molecule has 32 heavy (non-hydrogen) atoms. The zero-order valence-electron chi connectivity index (χ0n) is 18.3. The Labute approximate surface area is 183 Å². The number of rotatable bonds is 4. The number of hydrogen-bond donors (Lipinski definition) is 1. The third-order valence-electron chi connectivity index (χ3n) is 5.76. The van der Waals surface area contributed by atoms with Crippen LogP contribution in [0, 0.1) is 13.8 Å². The number of carbonyl (C=O) groups is 1. The number of nitrogens with one attached hydrogen (secondary N) is 1. The van der Waals surface area contributed by atoms with E-state index in [-0.39, 0.29) is 24.5 Å². The molecule has 0 radical (unpaired) electrons. The first-order chi connectivity index (χ1) is 15.0. The summed E-state index contributed by atoms with van der Waals surface area (Å²) in [7, 11) is 3.38. The van der Waals surface area contributed by atoms with Gasteiger partial charge in [0.05, 0.1) is 11.7 Å². The molecule has 0 saturated carbocycles. The van der Waals surface area contributed by atoms with Gasteiger partial charge < -0.3 is 10.2 Å². The molecular formula is C22H25F3N6O. The van der Waals surface area contributed by atoms with Crippen molar-refractivity contribution in [1.29, 1.82) is 0 Å². The van der Waals surface area contributed by atoms with E-state index in [1.165, 1.54) is 11.0 Å². The molecule has 0 bridgehead atoms. The minimum absolute atomic E-state index is 0.0321. The van der Waals surface area contributed by atoms with Gasteiger partial charge in [0.25, 0.3) is 5.91 Å². The van der Waals surface area contributed by atoms with Gasteiger partial charge in [-0.1, -0.05) is 29.8 Å². The van der Waals surface area contributed by atoms with Crippen LogP contribution in [-0.2, 0) is 13.6 Å². The molecule has 0 fully saturated rings. The molecule has 1 aliphatic heterocycles. The van der Waals surface area contributed by atoms with Crippen molar-refractivity contribution in [2.45, 2.75) is 45.1 Å². The summed E-state index contributed by atoms with van der Waals surface area (Å²) in [5.41, 5.74) is 3.40.